The lowest BCUT2D eigenvalue weighted by Crippen LogP contribution is -2.61. The number of aromatic nitrogens is 2. The van der Waals surface area contributed by atoms with Crippen molar-refractivity contribution in [2.75, 3.05) is 18.5 Å². The van der Waals surface area contributed by atoms with Crippen LogP contribution in [-0.4, -0.2) is 85.0 Å². The molecular weight excluding hydrogens is 586 g/mol. The maximum atomic E-state index is 13.5. The number of aliphatic carboxylic acids is 3. The van der Waals surface area contributed by atoms with Crippen molar-refractivity contribution in [3.05, 3.63) is 69.3 Å². The van der Waals surface area contributed by atoms with E-state index in [0.29, 0.717) is 34.7 Å². The number of carboxylic acids is 3. The molecule has 0 aliphatic rings. The first-order chi connectivity index (χ1) is 21.1. The Balaban J connectivity index is 1.90. The van der Waals surface area contributed by atoms with Crippen LogP contribution in [0, 0.1) is 13.8 Å². The van der Waals surface area contributed by atoms with Crippen molar-refractivity contribution in [3.8, 4) is 0 Å². The van der Waals surface area contributed by atoms with Crippen molar-refractivity contribution < 1.29 is 39.3 Å². The molecule has 1 aromatic heterocycles. The van der Waals surface area contributed by atoms with Gasteiger partial charge in [0.1, 0.15) is 11.9 Å². The number of hydrogen-bond donors (Lipinski definition) is 5. The summed E-state index contributed by atoms with van der Waals surface area (Å²) in [5.74, 6) is -5.87. The minimum atomic E-state index is -2.57. The van der Waals surface area contributed by atoms with E-state index in [1.54, 1.807) is 25.1 Å². The molecule has 0 fully saturated rings. The number of nitrogens with one attached hydrogen (secondary N) is 1. The lowest BCUT2D eigenvalue weighted by Gasteiger charge is -2.37. The number of ketones is 1. The summed E-state index contributed by atoms with van der Waals surface area (Å²) in [5.41, 5.74) is 5.87. The molecular formula is C31H37N5O9. The highest BCUT2D eigenvalue weighted by Gasteiger charge is 2.51. The predicted molar refractivity (Wildman–Crippen MR) is 164 cm³/mol. The summed E-state index contributed by atoms with van der Waals surface area (Å²) in [4.78, 5) is 84.2. The van der Waals surface area contributed by atoms with Gasteiger partial charge in [0.15, 0.2) is 11.3 Å². The topological polar surface area (TPSA) is 224 Å². The van der Waals surface area contributed by atoms with Crippen LogP contribution in [-0.2, 0) is 25.7 Å². The van der Waals surface area contributed by atoms with Crippen molar-refractivity contribution in [2.24, 2.45) is 5.73 Å². The van der Waals surface area contributed by atoms with Crippen LogP contribution in [0.4, 0.5) is 5.69 Å². The second-order valence-corrected chi connectivity index (χ2v) is 10.8. The molecule has 3 aromatic rings. The van der Waals surface area contributed by atoms with Crippen LogP contribution in [0.5, 0.6) is 0 Å². The molecule has 0 aliphatic heterocycles. The molecule has 1 amide bonds. The molecule has 6 N–H and O–H groups in total. The van der Waals surface area contributed by atoms with E-state index in [0.717, 1.165) is 23.9 Å². The number of likely N-dealkylation sites (N-methyl/N-ethyl adjacent to an activating group) is 1. The number of nitrogens with zero attached hydrogens (tertiary/aromatic N) is 3. The number of benzene rings is 2. The van der Waals surface area contributed by atoms with E-state index in [1.807, 2.05) is 24.8 Å². The van der Waals surface area contributed by atoms with Crippen LogP contribution in [0.25, 0.3) is 10.9 Å². The van der Waals surface area contributed by atoms with Crippen molar-refractivity contribution in [3.63, 3.8) is 0 Å². The summed E-state index contributed by atoms with van der Waals surface area (Å²) in [6.45, 7) is 6.57. The Labute approximate surface area is 258 Å². The van der Waals surface area contributed by atoms with Gasteiger partial charge in [-0.1, -0.05) is 0 Å². The zero-order chi connectivity index (χ0) is 33.6. The molecule has 14 nitrogen and oxygen atoms in total. The van der Waals surface area contributed by atoms with Gasteiger partial charge >= 0.3 is 17.9 Å². The largest absolute Gasteiger partial charge is 0.481 e. The second kappa shape index (κ2) is 14.1. The minimum absolute atomic E-state index is 0.0446. The smallest absolute Gasteiger partial charge is 0.337 e. The van der Waals surface area contributed by atoms with Gasteiger partial charge in [-0.25, -0.2) is 9.78 Å². The maximum Gasteiger partial charge on any atom is 0.337 e. The summed E-state index contributed by atoms with van der Waals surface area (Å²) in [6, 6.07) is 8.46. The van der Waals surface area contributed by atoms with Gasteiger partial charge in [0.2, 0.25) is 0 Å². The summed E-state index contributed by atoms with van der Waals surface area (Å²) in [7, 11) is 1.10. The third kappa shape index (κ3) is 7.52. The molecule has 3 rings (SSSR count). The fourth-order valence-corrected chi connectivity index (χ4v) is 5.16. The number of carbonyl (C=O) groups excluding carboxylic acids is 2. The van der Waals surface area contributed by atoms with Gasteiger partial charge in [0.05, 0.1) is 10.9 Å². The molecule has 0 aliphatic carbocycles. The zero-order valence-electron chi connectivity index (χ0n) is 25.5. The van der Waals surface area contributed by atoms with Crippen LogP contribution in [0.3, 0.4) is 0 Å². The summed E-state index contributed by atoms with van der Waals surface area (Å²) >= 11 is 0. The number of hydrogen-bond acceptors (Lipinski definition) is 9. The number of aromatic amines is 1. The normalized spacial score (nSPS) is 13.1. The predicted octanol–water partition coefficient (Wildman–Crippen LogP) is 2.09. The number of carbonyl (C=O) groups is 5. The molecule has 2 aromatic carbocycles. The number of anilines is 1. The number of H-pyrrole nitrogens is 1. The fourth-order valence-electron chi connectivity index (χ4n) is 5.16. The number of carboxylic acid groups (broad SMARTS) is 3. The molecule has 0 radical (unpaired) electrons. The summed E-state index contributed by atoms with van der Waals surface area (Å²) in [5, 5.41) is 28.9. The van der Waals surface area contributed by atoms with E-state index >= 15 is 0 Å². The van der Waals surface area contributed by atoms with E-state index in [-0.39, 0.29) is 11.1 Å². The van der Waals surface area contributed by atoms with E-state index in [9.17, 15) is 39.0 Å². The number of rotatable bonds is 15. The van der Waals surface area contributed by atoms with Crippen molar-refractivity contribution in [1.82, 2.24) is 14.9 Å². The minimum Gasteiger partial charge on any atom is -0.481 e. The summed E-state index contributed by atoms with van der Waals surface area (Å²) in [6.07, 6.45) is -2.47. The highest BCUT2D eigenvalue weighted by Crippen LogP contribution is 2.28. The van der Waals surface area contributed by atoms with E-state index in [1.165, 1.54) is 12.1 Å². The molecule has 1 heterocycles. The Hall–Kier alpha value is -5.11. The van der Waals surface area contributed by atoms with Crippen LogP contribution < -0.4 is 16.2 Å². The molecule has 14 heteroatoms. The van der Waals surface area contributed by atoms with Crippen LogP contribution >= 0.6 is 0 Å². The standard InChI is InChI=1S/C31H37N5O9/c1-5-36(16-20-15-22-24(14-17(20)2)33-18(3)34-27(22)40)21-8-6-19(7-9-21)28(41)35(4)31(30(44)45,13-12-26(38)39)25(37)11-10-23(32)29(42)43/h6-9,14-15,23H,5,10-13,16,32H2,1-4H3,(H,38,39)(H,42,43)(H,44,45)(H,33,34,40)/t23-,31+/m0/s1. The van der Waals surface area contributed by atoms with Gasteiger partial charge in [-0.3, -0.25) is 24.0 Å². The SMILES string of the molecule is CCN(Cc1cc2c(=O)[nH]c(C)nc2cc1C)c1ccc(C(=O)N(C)[C@@](CCC(=O)O)(C(=O)O)C(=O)CC[C@H](N)C(=O)O)cc1. The van der Waals surface area contributed by atoms with Crippen LogP contribution in [0.2, 0.25) is 0 Å². The number of aryl methyl sites for hydroxylation is 2. The second-order valence-electron chi connectivity index (χ2n) is 10.8. The van der Waals surface area contributed by atoms with Crippen LogP contribution in [0.1, 0.15) is 59.9 Å². The van der Waals surface area contributed by atoms with Crippen molar-refractivity contribution in [1.29, 1.82) is 0 Å². The average Bonchev–Trinajstić information content (AvgIpc) is 2.98. The Morgan fingerprint density at radius 2 is 1.67 bits per heavy atom. The molecule has 0 saturated carbocycles. The Kier molecular flexibility index (Phi) is 10.8. The first kappa shape index (κ1) is 34.4. The first-order valence-electron chi connectivity index (χ1n) is 14.2. The van der Waals surface area contributed by atoms with Gasteiger partial charge < -0.3 is 35.8 Å². The molecule has 45 heavy (non-hydrogen) atoms. The Morgan fingerprint density at radius 1 is 1.02 bits per heavy atom. The highest BCUT2D eigenvalue weighted by molar-refractivity contribution is 6.12. The average molecular weight is 624 g/mol. The molecule has 0 spiro atoms. The number of fused-ring (bicyclic) bond motifs is 1. The maximum absolute atomic E-state index is 13.5. The lowest BCUT2D eigenvalue weighted by molar-refractivity contribution is -0.156. The van der Waals surface area contributed by atoms with Gasteiger partial charge in [0.25, 0.3) is 11.5 Å². The molecule has 0 unspecified atom stereocenters. The van der Waals surface area contributed by atoms with Crippen molar-refractivity contribution >= 4 is 46.2 Å². The summed E-state index contributed by atoms with van der Waals surface area (Å²) < 4.78 is 0. The van der Waals surface area contributed by atoms with E-state index in [2.05, 4.69) is 9.97 Å². The third-order valence-corrected chi connectivity index (χ3v) is 7.90. The van der Waals surface area contributed by atoms with E-state index in [4.69, 9.17) is 10.8 Å². The monoisotopic (exact) mass is 623 g/mol. The first-order valence-corrected chi connectivity index (χ1v) is 14.2. The molecule has 0 saturated heterocycles. The van der Waals surface area contributed by atoms with E-state index < -0.39 is 66.9 Å². The van der Waals surface area contributed by atoms with Crippen LogP contribution in [0.15, 0.2) is 41.2 Å². The number of Topliss-reactive ketones (excluding diaryl/α,β-unsaturated/α-hetero) is 1. The fraction of sp³-hybridized carbons (Fsp3) is 0.387. The highest BCUT2D eigenvalue weighted by atomic mass is 16.4. The molecule has 0 bridgehead atoms. The van der Waals surface area contributed by atoms with Gasteiger partial charge in [0, 0.05) is 44.2 Å². The number of amides is 1. The Morgan fingerprint density at radius 3 is 2.22 bits per heavy atom. The van der Waals surface area contributed by atoms with Gasteiger partial charge in [-0.05, 0) is 81.1 Å². The quantitative estimate of drug-likeness (QED) is 0.153. The Bertz CT molecular complexity index is 1690. The van der Waals surface area contributed by atoms with Crippen molar-refractivity contribution in [2.45, 2.75) is 64.6 Å². The van der Waals surface area contributed by atoms with Gasteiger partial charge in [-0.15, -0.1) is 0 Å². The lowest BCUT2D eigenvalue weighted by atomic mass is 9.83. The number of nitrogens with two attached hydrogens (primary N) is 1. The van der Waals surface area contributed by atoms with Gasteiger partial charge in [-0.2, -0.15) is 0 Å². The third-order valence-electron chi connectivity index (χ3n) is 7.90. The zero-order valence-corrected chi connectivity index (χ0v) is 25.5. The molecule has 240 valence electrons. The molecule has 2 atom stereocenters.